The lowest BCUT2D eigenvalue weighted by atomic mass is 9.98. The number of nitrogens with one attached hydrogen (secondary N) is 2. The van der Waals surface area contributed by atoms with Gasteiger partial charge in [-0.05, 0) is 46.6 Å². The number of amides is 2. The number of rotatable bonds is 11. The van der Waals surface area contributed by atoms with Crippen LogP contribution in [0.25, 0.3) is 11.1 Å². The van der Waals surface area contributed by atoms with Crippen LogP contribution in [0.15, 0.2) is 48.5 Å². The lowest BCUT2D eigenvalue weighted by molar-refractivity contribution is -0.143. The molecule has 34 heavy (non-hydrogen) atoms. The third-order valence-corrected chi connectivity index (χ3v) is 6.98. The number of benzene rings is 2. The van der Waals surface area contributed by atoms with Crippen molar-refractivity contribution < 1.29 is 24.2 Å². The Hall–Kier alpha value is -3.00. The molecular weight excluding hydrogens is 452 g/mol. The molecule has 0 fully saturated rings. The molecule has 0 radical (unpaired) electrons. The highest BCUT2D eigenvalue weighted by molar-refractivity contribution is 7.98. The van der Waals surface area contributed by atoms with Crippen LogP contribution in [0.4, 0.5) is 4.79 Å². The van der Waals surface area contributed by atoms with E-state index in [0.717, 1.165) is 22.3 Å². The molecule has 3 N–H and O–H groups in total. The van der Waals surface area contributed by atoms with Gasteiger partial charge in [-0.25, -0.2) is 9.59 Å². The maximum Gasteiger partial charge on any atom is 0.407 e. The van der Waals surface area contributed by atoms with E-state index in [2.05, 4.69) is 22.8 Å². The van der Waals surface area contributed by atoms with Crippen molar-refractivity contribution in [3.05, 3.63) is 59.7 Å². The molecule has 1 aliphatic carbocycles. The molecule has 2 aromatic rings. The number of carboxylic acid groups (broad SMARTS) is 1. The number of carboxylic acids is 1. The molecule has 0 saturated heterocycles. The van der Waals surface area contributed by atoms with Gasteiger partial charge in [0.2, 0.25) is 5.91 Å². The highest BCUT2D eigenvalue weighted by Crippen LogP contribution is 2.44. The van der Waals surface area contributed by atoms with Crippen LogP contribution in [-0.2, 0) is 14.3 Å². The van der Waals surface area contributed by atoms with E-state index in [0.29, 0.717) is 18.6 Å². The van der Waals surface area contributed by atoms with E-state index >= 15 is 0 Å². The van der Waals surface area contributed by atoms with Crippen LogP contribution in [-0.4, -0.2) is 53.8 Å². The number of thioether (sulfide) groups is 1. The van der Waals surface area contributed by atoms with Crippen LogP contribution in [0.1, 0.15) is 43.7 Å². The van der Waals surface area contributed by atoms with Gasteiger partial charge in [-0.3, -0.25) is 4.79 Å². The second-order valence-electron chi connectivity index (χ2n) is 8.51. The minimum atomic E-state index is -1.09. The Kier molecular flexibility index (Phi) is 8.98. The van der Waals surface area contributed by atoms with Gasteiger partial charge in [0.25, 0.3) is 0 Å². The molecule has 3 rings (SSSR count). The van der Waals surface area contributed by atoms with Crippen LogP contribution in [0.3, 0.4) is 0 Å². The van der Waals surface area contributed by atoms with Crippen LogP contribution in [0, 0.1) is 5.92 Å². The zero-order valence-corrected chi connectivity index (χ0v) is 20.6. The number of aliphatic carboxylic acids is 1. The number of fused-ring (bicyclic) bond motifs is 3. The Morgan fingerprint density at radius 1 is 1.03 bits per heavy atom. The van der Waals surface area contributed by atoms with E-state index in [4.69, 9.17) is 4.74 Å². The third kappa shape index (κ3) is 5.91. The van der Waals surface area contributed by atoms with E-state index < -0.39 is 30.1 Å². The molecule has 1 aliphatic rings. The molecule has 7 nitrogen and oxygen atoms in total. The molecule has 3 unspecified atom stereocenters. The van der Waals surface area contributed by atoms with E-state index in [1.165, 1.54) is 0 Å². The molecule has 0 spiro atoms. The highest BCUT2D eigenvalue weighted by Gasteiger charge is 2.31. The van der Waals surface area contributed by atoms with Crippen molar-refractivity contribution in [2.75, 3.05) is 18.6 Å². The van der Waals surface area contributed by atoms with Crippen molar-refractivity contribution in [1.82, 2.24) is 10.6 Å². The summed E-state index contributed by atoms with van der Waals surface area (Å²) in [6.45, 7) is 3.78. The lowest BCUT2D eigenvalue weighted by Gasteiger charge is -2.24. The fourth-order valence-electron chi connectivity index (χ4n) is 4.22. The summed E-state index contributed by atoms with van der Waals surface area (Å²) in [6.07, 6.45) is 2.18. The van der Waals surface area contributed by atoms with Crippen LogP contribution >= 0.6 is 11.8 Å². The summed E-state index contributed by atoms with van der Waals surface area (Å²) in [7, 11) is 0. The molecule has 2 aromatic carbocycles. The lowest BCUT2D eigenvalue weighted by Crippen LogP contribution is -2.53. The van der Waals surface area contributed by atoms with Gasteiger partial charge in [0.15, 0.2) is 0 Å². The summed E-state index contributed by atoms with van der Waals surface area (Å²) in [5.74, 6) is -1.30. The van der Waals surface area contributed by atoms with Crippen molar-refractivity contribution >= 4 is 29.7 Å². The maximum absolute atomic E-state index is 12.9. The number of hydrogen-bond donors (Lipinski definition) is 3. The third-order valence-electron chi connectivity index (χ3n) is 6.34. The summed E-state index contributed by atoms with van der Waals surface area (Å²) in [5, 5.41) is 14.7. The molecule has 2 amide bonds. The van der Waals surface area contributed by atoms with E-state index in [1.807, 2.05) is 49.6 Å². The van der Waals surface area contributed by atoms with E-state index in [9.17, 15) is 19.5 Å². The molecular formula is C26H32N2O5S. The van der Waals surface area contributed by atoms with Gasteiger partial charge in [0, 0.05) is 5.92 Å². The number of hydrogen-bond acceptors (Lipinski definition) is 5. The maximum atomic E-state index is 12.9. The predicted octanol–water partition coefficient (Wildman–Crippen LogP) is 4.26. The minimum Gasteiger partial charge on any atom is -0.480 e. The van der Waals surface area contributed by atoms with Crippen molar-refractivity contribution in [2.45, 2.75) is 44.7 Å². The molecule has 3 atom stereocenters. The van der Waals surface area contributed by atoms with Crippen molar-refractivity contribution in [3.63, 3.8) is 0 Å². The summed E-state index contributed by atoms with van der Waals surface area (Å²) in [4.78, 5) is 37.1. The average Bonchev–Trinajstić information content (AvgIpc) is 3.16. The predicted molar refractivity (Wildman–Crippen MR) is 134 cm³/mol. The Morgan fingerprint density at radius 3 is 2.15 bits per heavy atom. The van der Waals surface area contributed by atoms with E-state index in [1.54, 1.807) is 18.7 Å². The number of carbonyl (C=O) groups is 3. The average molecular weight is 485 g/mol. The van der Waals surface area contributed by atoms with Gasteiger partial charge in [0.05, 0.1) is 0 Å². The zero-order chi connectivity index (χ0) is 24.7. The van der Waals surface area contributed by atoms with Crippen molar-refractivity contribution in [3.8, 4) is 11.1 Å². The highest BCUT2D eigenvalue weighted by atomic mass is 32.2. The van der Waals surface area contributed by atoms with Crippen LogP contribution < -0.4 is 10.6 Å². The van der Waals surface area contributed by atoms with Gasteiger partial charge < -0.3 is 20.5 Å². The summed E-state index contributed by atoms with van der Waals surface area (Å²) < 4.78 is 5.57. The molecule has 0 saturated carbocycles. The molecule has 0 heterocycles. The number of alkyl carbamates (subject to hydrolysis) is 1. The summed E-state index contributed by atoms with van der Waals surface area (Å²) >= 11 is 1.54. The quantitative estimate of drug-likeness (QED) is 0.440. The van der Waals surface area contributed by atoms with E-state index in [-0.39, 0.29) is 18.4 Å². The Bertz CT molecular complexity index is 982. The molecule has 0 bridgehead atoms. The summed E-state index contributed by atoms with van der Waals surface area (Å²) in [6, 6.07) is 14.2. The first kappa shape index (κ1) is 25.6. The van der Waals surface area contributed by atoms with Crippen LogP contribution in [0.2, 0.25) is 0 Å². The number of ether oxygens (including phenoxy) is 1. The van der Waals surface area contributed by atoms with Crippen molar-refractivity contribution in [1.29, 1.82) is 0 Å². The topological polar surface area (TPSA) is 105 Å². The monoisotopic (exact) mass is 484 g/mol. The molecule has 8 heteroatoms. The fourth-order valence-corrected chi connectivity index (χ4v) is 4.70. The first-order chi connectivity index (χ1) is 16.4. The Morgan fingerprint density at radius 2 is 1.62 bits per heavy atom. The van der Waals surface area contributed by atoms with Crippen LogP contribution in [0.5, 0.6) is 0 Å². The normalized spacial score (nSPS) is 14.9. The van der Waals surface area contributed by atoms with Crippen molar-refractivity contribution in [2.24, 2.45) is 5.92 Å². The largest absolute Gasteiger partial charge is 0.480 e. The second kappa shape index (κ2) is 11.9. The molecule has 0 aliphatic heterocycles. The first-order valence-electron chi connectivity index (χ1n) is 11.5. The number of carbonyl (C=O) groups excluding carboxylic acids is 2. The first-order valence-corrected chi connectivity index (χ1v) is 12.9. The smallest absolute Gasteiger partial charge is 0.407 e. The Labute approximate surface area is 204 Å². The Balaban J connectivity index is 1.66. The standard InChI is InChI=1S/C26H32N2O5S/c1-4-16(2)23(25(30)31)28-24(29)22(13-14-34-3)27-26(32)33-15-21-19-11-7-5-9-17(19)18-10-6-8-12-20(18)21/h5-12,16,21-23H,4,13-15H2,1-3H3,(H,27,32)(H,28,29)(H,30,31). The van der Waals surface area contributed by atoms with Gasteiger partial charge in [-0.2, -0.15) is 11.8 Å². The SMILES string of the molecule is CCC(C)C(NC(=O)C(CCSC)NC(=O)OCC1c2ccccc2-c2ccccc21)C(=O)O. The summed E-state index contributed by atoms with van der Waals surface area (Å²) in [5.41, 5.74) is 4.47. The molecule has 182 valence electrons. The van der Waals surface area contributed by atoms with Gasteiger partial charge in [-0.1, -0.05) is 68.8 Å². The zero-order valence-electron chi connectivity index (χ0n) is 19.7. The second-order valence-corrected chi connectivity index (χ2v) is 9.50. The minimum absolute atomic E-state index is 0.0848. The molecule has 0 aromatic heterocycles. The van der Waals surface area contributed by atoms with Gasteiger partial charge in [0.1, 0.15) is 18.7 Å². The fraction of sp³-hybridized carbons (Fsp3) is 0.423. The van der Waals surface area contributed by atoms with Gasteiger partial charge in [-0.15, -0.1) is 0 Å². The van der Waals surface area contributed by atoms with Gasteiger partial charge >= 0.3 is 12.1 Å².